The first-order valence-corrected chi connectivity index (χ1v) is 7.55. The molecule has 0 aromatic heterocycles. The molecule has 1 atom stereocenters. The Bertz CT molecular complexity index is 348. The van der Waals surface area contributed by atoms with E-state index in [1.165, 1.54) is 0 Å². The van der Waals surface area contributed by atoms with E-state index in [-0.39, 0.29) is 18.4 Å². The van der Waals surface area contributed by atoms with Crippen LogP contribution in [0.3, 0.4) is 0 Å². The van der Waals surface area contributed by atoms with Crippen molar-refractivity contribution in [3.05, 3.63) is 0 Å². The number of nitrogens with zero attached hydrogens (tertiary/aromatic N) is 3. The maximum Gasteiger partial charge on any atom is 0.304 e. The van der Waals surface area contributed by atoms with Crippen LogP contribution in [0.25, 0.3) is 0 Å². The summed E-state index contributed by atoms with van der Waals surface area (Å²) in [5, 5.41) is 8.69. The van der Waals surface area contributed by atoms with Crippen LogP contribution < -0.4 is 0 Å². The Morgan fingerprint density at radius 2 is 1.65 bits per heavy atom. The Labute approximate surface area is 120 Å². The molecule has 20 heavy (non-hydrogen) atoms. The van der Waals surface area contributed by atoms with Crippen molar-refractivity contribution in [2.75, 3.05) is 45.8 Å². The highest BCUT2D eigenvalue weighted by atomic mass is 16.4. The van der Waals surface area contributed by atoms with Gasteiger partial charge in [-0.15, -0.1) is 0 Å². The number of amides is 1. The van der Waals surface area contributed by atoms with Crippen molar-refractivity contribution in [3.8, 4) is 0 Å². The first kappa shape index (κ1) is 15.3. The summed E-state index contributed by atoms with van der Waals surface area (Å²) in [4.78, 5) is 29.3. The maximum atomic E-state index is 12.3. The summed E-state index contributed by atoms with van der Waals surface area (Å²) in [6, 6.07) is -0.0466. The van der Waals surface area contributed by atoms with Crippen LogP contribution in [0.15, 0.2) is 0 Å². The summed E-state index contributed by atoms with van der Waals surface area (Å²) in [6.45, 7) is 7.81. The molecule has 0 aromatic rings. The quantitative estimate of drug-likeness (QED) is 0.775. The largest absolute Gasteiger partial charge is 0.481 e. The Morgan fingerprint density at radius 3 is 2.20 bits per heavy atom. The van der Waals surface area contributed by atoms with Gasteiger partial charge in [-0.1, -0.05) is 0 Å². The van der Waals surface area contributed by atoms with Gasteiger partial charge in [0, 0.05) is 45.8 Å². The van der Waals surface area contributed by atoms with Crippen LogP contribution in [-0.4, -0.2) is 83.5 Å². The van der Waals surface area contributed by atoms with Gasteiger partial charge in [0.15, 0.2) is 0 Å². The Balaban J connectivity index is 1.75. The van der Waals surface area contributed by atoms with E-state index in [1.54, 1.807) is 0 Å². The van der Waals surface area contributed by atoms with Crippen LogP contribution in [-0.2, 0) is 9.59 Å². The standard InChI is InChI=1S/C14H25N3O3/c1-12(14(20)17-5-2-3-6-17)16-10-8-15(9-11-16)7-4-13(18)19/h12H,2-11H2,1H3,(H,18,19). The van der Waals surface area contributed by atoms with Crippen molar-refractivity contribution >= 4 is 11.9 Å². The van der Waals surface area contributed by atoms with Crippen LogP contribution >= 0.6 is 0 Å². The van der Waals surface area contributed by atoms with Gasteiger partial charge in [-0.2, -0.15) is 0 Å². The summed E-state index contributed by atoms with van der Waals surface area (Å²) in [5.74, 6) is -0.494. The van der Waals surface area contributed by atoms with Crippen LogP contribution in [0.2, 0.25) is 0 Å². The fourth-order valence-electron chi connectivity index (χ4n) is 2.99. The molecule has 1 amide bonds. The molecule has 0 saturated carbocycles. The van der Waals surface area contributed by atoms with E-state index in [9.17, 15) is 9.59 Å². The van der Waals surface area contributed by atoms with Gasteiger partial charge in [-0.05, 0) is 19.8 Å². The average molecular weight is 283 g/mol. The monoisotopic (exact) mass is 283 g/mol. The molecule has 6 nitrogen and oxygen atoms in total. The smallest absolute Gasteiger partial charge is 0.304 e. The van der Waals surface area contributed by atoms with Crippen molar-refractivity contribution in [1.82, 2.24) is 14.7 Å². The maximum absolute atomic E-state index is 12.3. The van der Waals surface area contributed by atoms with Crippen LogP contribution in [0, 0.1) is 0 Å². The van der Waals surface area contributed by atoms with Gasteiger partial charge in [-0.25, -0.2) is 0 Å². The summed E-state index contributed by atoms with van der Waals surface area (Å²) in [5.41, 5.74) is 0. The van der Waals surface area contributed by atoms with Crippen molar-refractivity contribution in [3.63, 3.8) is 0 Å². The van der Waals surface area contributed by atoms with E-state index < -0.39 is 5.97 Å². The third-order valence-corrected chi connectivity index (χ3v) is 4.37. The summed E-state index contributed by atoms with van der Waals surface area (Å²) in [6.07, 6.45) is 2.45. The van der Waals surface area contributed by atoms with E-state index in [0.717, 1.165) is 52.1 Å². The van der Waals surface area contributed by atoms with Gasteiger partial charge in [-0.3, -0.25) is 14.5 Å². The molecule has 2 rings (SSSR count). The zero-order valence-electron chi connectivity index (χ0n) is 12.3. The lowest BCUT2D eigenvalue weighted by Crippen LogP contribution is -2.54. The summed E-state index contributed by atoms with van der Waals surface area (Å²) in [7, 11) is 0. The fraction of sp³-hybridized carbons (Fsp3) is 0.857. The van der Waals surface area contributed by atoms with Crippen LogP contribution in [0.1, 0.15) is 26.2 Å². The molecule has 2 heterocycles. The Kier molecular flexibility index (Phi) is 5.37. The van der Waals surface area contributed by atoms with Gasteiger partial charge < -0.3 is 14.9 Å². The van der Waals surface area contributed by atoms with Gasteiger partial charge in [0.05, 0.1) is 12.5 Å². The van der Waals surface area contributed by atoms with Gasteiger partial charge in [0.25, 0.3) is 0 Å². The minimum absolute atomic E-state index is 0.0466. The highest BCUT2D eigenvalue weighted by Crippen LogP contribution is 2.13. The molecule has 6 heteroatoms. The second-order valence-electron chi connectivity index (χ2n) is 5.73. The zero-order chi connectivity index (χ0) is 14.5. The number of carboxylic acids is 1. The lowest BCUT2D eigenvalue weighted by atomic mass is 10.2. The predicted octanol–water partition coefficient (Wildman–Crippen LogP) is 0.0896. The van der Waals surface area contributed by atoms with E-state index in [1.807, 2.05) is 11.8 Å². The van der Waals surface area contributed by atoms with E-state index >= 15 is 0 Å². The molecule has 1 N–H and O–H groups in total. The molecule has 2 aliphatic heterocycles. The average Bonchev–Trinajstić information content (AvgIpc) is 2.98. The third kappa shape index (κ3) is 3.93. The highest BCUT2D eigenvalue weighted by molar-refractivity contribution is 5.81. The second-order valence-corrected chi connectivity index (χ2v) is 5.73. The molecular formula is C14H25N3O3. The summed E-state index contributed by atoms with van der Waals surface area (Å²) < 4.78 is 0. The number of aliphatic carboxylic acids is 1. The minimum Gasteiger partial charge on any atom is -0.481 e. The molecule has 0 spiro atoms. The highest BCUT2D eigenvalue weighted by Gasteiger charge is 2.29. The lowest BCUT2D eigenvalue weighted by Gasteiger charge is -2.38. The van der Waals surface area contributed by atoms with Gasteiger partial charge >= 0.3 is 5.97 Å². The SMILES string of the molecule is CC(C(=O)N1CCCC1)N1CCN(CCC(=O)O)CC1. The minimum atomic E-state index is -0.745. The molecule has 0 aliphatic carbocycles. The number of carboxylic acid groups (broad SMARTS) is 1. The number of hydrogen-bond donors (Lipinski definition) is 1. The van der Waals surface area contributed by atoms with Crippen molar-refractivity contribution in [2.24, 2.45) is 0 Å². The molecule has 1 unspecified atom stereocenters. The summed E-state index contributed by atoms with van der Waals surface area (Å²) >= 11 is 0. The van der Waals surface area contributed by atoms with Crippen molar-refractivity contribution < 1.29 is 14.7 Å². The number of rotatable bonds is 5. The Morgan fingerprint density at radius 1 is 1.05 bits per heavy atom. The molecule has 0 aromatic carbocycles. The van der Waals surface area contributed by atoms with Gasteiger partial charge in [0.2, 0.25) is 5.91 Å². The predicted molar refractivity (Wildman–Crippen MR) is 75.5 cm³/mol. The third-order valence-electron chi connectivity index (χ3n) is 4.37. The fourth-order valence-corrected chi connectivity index (χ4v) is 2.99. The molecule has 114 valence electrons. The van der Waals surface area contributed by atoms with Crippen LogP contribution in [0.4, 0.5) is 0 Å². The molecule has 2 aliphatic rings. The number of carbonyl (C=O) groups is 2. The first-order valence-electron chi connectivity index (χ1n) is 7.55. The number of likely N-dealkylation sites (tertiary alicyclic amines) is 1. The molecule has 2 fully saturated rings. The number of hydrogen-bond acceptors (Lipinski definition) is 4. The Hall–Kier alpha value is -1.14. The molecule has 2 saturated heterocycles. The van der Waals surface area contributed by atoms with E-state index in [4.69, 9.17) is 5.11 Å². The van der Waals surface area contributed by atoms with E-state index in [2.05, 4.69) is 9.80 Å². The van der Waals surface area contributed by atoms with Crippen molar-refractivity contribution in [2.45, 2.75) is 32.2 Å². The molecule has 0 radical (unpaired) electrons. The first-order chi connectivity index (χ1) is 9.58. The number of piperazine rings is 1. The molecule has 0 bridgehead atoms. The second kappa shape index (κ2) is 7.04. The van der Waals surface area contributed by atoms with E-state index in [0.29, 0.717) is 6.54 Å². The normalized spacial score (nSPS) is 22.9. The van der Waals surface area contributed by atoms with Crippen molar-refractivity contribution in [1.29, 1.82) is 0 Å². The topological polar surface area (TPSA) is 64.1 Å². The number of carbonyl (C=O) groups excluding carboxylic acids is 1. The van der Waals surface area contributed by atoms with Crippen LogP contribution in [0.5, 0.6) is 0 Å². The molecular weight excluding hydrogens is 258 g/mol. The lowest BCUT2D eigenvalue weighted by molar-refractivity contribution is -0.137. The zero-order valence-corrected chi connectivity index (χ0v) is 12.3. The van der Waals surface area contributed by atoms with Gasteiger partial charge in [0.1, 0.15) is 0 Å².